The van der Waals surface area contributed by atoms with Gasteiger partial charge in [0.15, 0.2) is 0 Å². The first-order chi connectivity index (χ1) is 6.91. The van der Waals surface area contributed by atoms with Gasteiger partial charge in [-0.1, -0.05) is 0 Å². The summed E-state index contributed by atoms with van der Waals surface area (Å²) in [7, 11) is 0. The zero-order valence-corrected chi connectivity index (χ0v) is 8.66. The molecule has 7 nitrogen and oxygen atoms in total. The van der Waals surface area contributed by atoms with Crippen LogP contribution in [0.5, 0.6) is 0 Å². The molecule has 0 unspecified atom stereocenters. The fraction of sp³-hybridized carbons (Fsp3) is 0.286. The lowest BCUT2D eigenvalue weighted by Crippen LogP contribution is -2.40. The third kappa shape index (κ3) is 3.17. The second-order valence-electron chi connectivity index (χ2n) is 2.83. The van der Waals surface area contributed by atoms with Crippen LogP contribution in [-0.4, -0.2) is 26.7 Å². The molecule has 1 aromatic heterocycles. The topological polar surface area (TPSA) is 118 Å². The van der Waals surface area contributed by atoms with Crippen LogP contribution in [-0.2, 0) is 11.3 Å². The number of hydrogen-bond donors (Lipinski definition) is 3. The predicted octanol–water partition coefficient (Wildman–Crippen LogP) is -1.49. The zero-order valence-electron chi connectivity index (χ0n) is 7.84. The van der Waals surface area contributed by atoms with Gasteiger partial charge in [0.2, 0.25) is 5.82 Å². The fourth-order valence-corrected chi connectivity index (χ4v) is 0.908. The number of aromatic amines is 1. The van der Waals surface area contributed by atoms with E-state index in [-0.39, 0.29) is 12.4 Å². The van der Waals surface area contributed by atoms with Gasteiger partial charge in [-0.05, 0) is 0 Å². The van der Waals surface area contributed by atoms with Crippen molar-refractivity contribution >= 4 is 18.4 Å². The van der Waals surface area contributed by atoms with Gasteiger partial charge < -0.3 is 10.8 Å². The van der Waals surface area contributed by atoms with Crippen molar-refractivity contribution in [3.8, 4) is 0 Å². The van der Waals surface area contributed by atoms with E-state index in [1.165, 1.54) is 0 Å². The zero-order chi connectivity index (χ0) is 11.6. The predicted molar refractivity (Wildman–Crippen MR) is 54.1 cm³/mol. The first-order valence-electron chi connectivity index (χ1n) is 3.89. The Labute approximate surface area is 94.1 Å². The Morgan fingerprint density at radius 1 is 1.62 bits per heavy atom. The van der Waals surface area contributed by atoms with Crippen molar-refractivity contribution in [3.05, 3.63) is 32.9 Å². The van der Waals surface area contributed by atoms with E-state index in [1.54, 1.807) is 4.98 Å². The standard InChI is InChI=1S/C7H8FN3O4.ClH/c8-3-1-11(2-4(9)6(13)14)7(15)10-5(3)12;/h1,4H,2,9H2,(H,13,14)(H,10,12,15);1H/t4-;/m0./s1. The van der Waals surface area contributed by atoms with Gasteiger partial charge in [-0.3, -0.25) is 19.1 Å². The summed E-state index contributed by atoms with van der Waals surface area (Å²) in [6.07, 6.45) is 0.615. The Balaban J connectivity index is 0.00000225. The molecule has 0 spiro atoms. The number of aliphatic carboxylic acids is 1. The average molecular weight is 254 g/mol. The van der Waals surface area contributed by atoms with Crippen LogP contribution in [0.2, 0.25) is 0 Å². The van der Waals surface area contributed by atoms with E-state index < -0.39 is 35.6 Å². The van der Waals surface area contributed by atoms with Crippen LogP contribution in [0.25, 0.3) is 0 Å². The molecule has 16 heavy (non-hydrogen) atoms. The molecular formula is C7H9ClFN3O4. The Kier molecular flexibility index (Phi) is 4.86. The third-order valence-electron chi connectivity index (χ3n) is 1.68. The lowest BCUT2D eigenvalue weighted by Gasteiger charge is -2.08. The molecule has 4 N–H and O–H groups in total. The third-order valence-corrected chi connectivity index (χ3v) is 1.68. The number of hydrogen-bond acceptors (Lipinski definition) is 4. The lowest BCUT2D eigenvalue weighted by molar-refractivity contribution is -0.138. The van der Waals surface area contributed by atoms with Gasteiger partial charge in [0, 0.05) is 0 Å². The summed E-state index contributed by atoms with van der Waals surface area (Å²) in [6, 6.07) is -1.34. The molecule has 0 aliphatic rings. The molecule has 0 radical (unpaired) electrons. The lowest BCUT2D eigenvalue weighted by atomic mass is 10.3. The van der Waals surface area contributed by atoms with Gasteiger partial charge in [-0.2, -0.15) is 4.39 Å². The minimum atomic E-state index is -1.34. The summed E-state index contributed by atoms with van der Waals surface area (Å²) in [5, 5.41) is 8.45. The number of H-pyrrole nitrogens is 1. The van der Waals surface area contributed by atoms with E-state index in [0.717, 1.165) is 0 Å². The summed E-state index contributed by atoms with van der Waals surface area (Å²) >= 11 is 0. The number of nitrogens with one attached hydrogen (secondary N) is 1. The molecule has 0 saturated heterocycles. The SMILES string of the molecule is Cl.N[C@@H](Cn1cc(F)c(=O)[nH]c1=O)C(=O)O. The van der Waals surface area contributed by atoms with Crippen LogP contribution in [0.15, 0.2) is 15.8 Å². The molecule has 0 saturated carbocycles. The molecule has 0 aliphatic carbocycles. The van der Waals surface area contributed by atoms with Crippen LogP contribution in [0, 0.1) is 5.82 Å². The largest absolute Gasteiger partial charge is 0.480 e. The molecule has 1 aromatic rings. The minimum Gasteiger partial charge on any atom is -0.480 e. The number of carbonyl (C=O) groups is 1. The second kappa shape index (κ2) is 5.42. The Morgan fingerprint density at radius 2 is 2.19 bits per heavy atom. The van der Waals surface area contributed by atoms with Crippen molar-refractivity contribution in [1.82, 2.24) is 9.55 Å². The first kappa shape index (κ1) is 14.3. The van der Waals surface area contributed by atoms with Gasteiger partial charge in [0.1, 0.15) is 6.04 Å². The van der Waals surface area contributed by atoms with Crippen molar-refractivity contribution < 1.29 is 14.3 Å². The van der Waals surface area contributed by atoms with Crippen LogP contribution < -0.4 is 17.0 Å². The first-order valence-corrected chi connectivity index (χ1v) is 3.89. The van der Waals surface area contributed by atoms with Crippen molar-refractivity contribution in [3.63, 3.8) is 0 Å². The van der Waals surface area contributed by atoms with Gasteiger partial charge in [0.25, 0.3) is 5.56 Å². The van der Waals surface area contributed by atoms with Crippen molar-refractivity contribution in [2.45, 2.75) is 12.6 Å². The van der Waals surface area contributed by atoms with E-state index in [9.17, 15) is 18.8 Å². The molecule has 0 aromatic carbocycles. The quantitative estimate of drug-likeness (QED) is 0.606. The van der Waals surface area contributed by atoms with Crippen molar-refractivity contribution in [2.75, 3.05) is 0 Å². The molecule has 0 bridgehead atoms. The van der Waals surface area contributed by atoms with Gasteiger partial charge in [-0.15, -0.1) is 12.4 Å². The summed E-state index contributed by atoms with van der Waals surface area (Å²) in [4.78, 5) is 33.7. The Hall–Kier alpha value is -1.67. The molecule has 1 rings (SSSR count). The number of nitrogens with two attached hydrogens (primary N) is 1. The molecule has 1 heterocycles. The number of carboxylic acids is 1. The van der Waals surface area contributed by atoms with Gasteiger partial charge in [-0.25, -0.2) is 4.79 Å². The molecular weight excluding hydrogens is 245 g/mol. The highest BCUT2D eigenvalue weighted by Crippen LogP contribution is 1.88. The Bertz CT molecular complexity index is 497. The van der Waals surface area contributed by atoms with E-state index in [0.29, 0.717) is 10.8 Å². The van der Waals surface area contributed by atoms with Crippen LogP contribution >= 0.6 is 12.4 Å². The maximum Gasteiger partial charge on any atom is 0.328 e. The summed E-state index contributed by atoms with van der Waals surface area (Å²) in [5.41, 5.74) is 3.07. The summed E-state index contributed by atoms with van der Waals surface area (Å²) in [5.74, 6) is -2.50. The number of nitrogens with zero attached hydrogens (tertiary/aromatic N) is 1. The van der Waals surface area contributed by atoms with Crippen LogP contribution in [0.1, 0.15) is 0 Å². The second-order valence-corrected chi connectivity index (χ2v) is 2.83. The smallest absolute Gasteiger partial charge is 0.328 e. The fourth-order valence-electron chi connectivity index (χ4n) is 0.908. The number of rotatable bonds is 3. The summed E-state index contributed by atoms with van der Waals surface area (Å²) < 4.78 is 13.4. The molecule has 0 fully saturated rings. The highest BCUT2D eigenvalue weighted by Gasteiger charge is 2.13. The number of halogens is 2. The monoisotopic (exact) mass is 253 g/mol. The van der Waals surface area contributed by atoms with E-state index >= 15 is 0 Å². The van der Waals surface area contributed by atoms with E-state index in [4.69, 9.17) is 10.8 Å². The van der Waals surface area contributed by atoms with Crippen molar-refractivity contribution in [1.29, 1.82) is 0 Å². The molecule has 0 amide bonds. The van der Waals surface area contributed by atoms with Gasteiger partial charge >= 0.3 is 11.7 Å². The molecule has 1 atom stereocenters. The number of carboxylic acid groups (broad SMARTS) is 1. The maximum absolute atomic E-state index is 12.7. The number of aromatic nitrogens is 2. The van der Waals surface area contributed by atoms with Crippen LogP contribution in [0.3, 0.4) is 0 Å². The minimum absolute atomic E-state index is 0. The highest BCUT2D eigenvalue weighted by molar-refractivity contribution is 5.85. The normalized spacial score (nSPS) is 11.6. The van der Waals surface area contributed by atoms with Crippen molar-refractivity contribution in [2.24, 2.45) is 5.73 Å². The van der Waals surface area contributed by atoms with E-state index in [2.05, 4.69) is 0 Å². The molecule has 0 aliphatic heterocycles. The molecule has 90 valence electrons. The van der Waals surface area contributed by atoms with Crippen LogP contribution in [0.4, 0.5) is 4.39 Å². The highest BCUT2D eigenvalue weighted by atomic mass is 35.5. The maximum atomic E-state index is 12.7. The van der Waals surface area contributed by atoms with Gasteiger partial charge in [0.05, 0.1) is 12.7 Å². The average Bonchev–Trinajstić information content (AvgIpc) is 2.13. The Morgan fingerprint density at radius 3 is 2.69 bits per heavy atom. The summed E-state index contributed by atoms with van der Waals surface area (Å²) in [6.45, 7) is -0.415. The molecule has 9 heteroatoms. The van der Waals surface area contributed by atoms with E-state index in [1.807, 2.05) is 0 Å².